The van der Waals surface area contributed by atoms with Crippen molar-refractivity contribution in [2.24, 2.45) is 0 Å². The second kappa shape index (κ2) is 10.4. The quantitative estimate of drug-likeness (QED) is 0.314. The highest BCUT2D eigenvalue weighted by Gasteiger charge is 2.35. The van der Waals surface area contributed by atoms with Gasteiger partial charge in [-0.15, -0.1) is 0 Å². The monoisotopic (exact) mass is 519 g/mol. The number of aromatic nitrogens is 2. The second-order valence-corrected chi connectivity index (χ2v) is 7.49. The van der Waals surface area contributed by atoms with Crippen LogP contribution in [0.4, 0.5) is 23.2 Å². The maximum Gasteiger partial charge on any atom is 0.417 e. The number of rotatable bonds is 7. The molecule has 0 spiro atoms. The van der Waals surface area contributed by atoms with Crippen LogP contribution in [0.3, 0.4) is 0 Å². The van der Waals surface area contributed by atoms with Crippen molar-refractivity contribution >= 4 is 35.5 Å². The molecule has 0 radical (unpaired) electrons. The van der Waals surface area contributed by atoms with E-state index in [9.17, 15) is 27.2 Å². The van der Waals surface area contributed by atoms with Crippen LogP contribution in [0.15, 0.2) is 47.4 Å². The molecule has 0 aliphatic rings. The highest BCUT2D eigenvalue weighted by Crippen LogP contribution is 2.40. The van der Waals surface area contributed by atoms with Crippen LogP contribution in [0, 0.1) is 12.7 Å². The number of carbonyl (C=O) groups is 1. The Morgan fingerprint density at radius 2 is 1.97 bits per heavy atom. The van der Waals surface area contributed by atoms with Crippen LogP contribution in [-0.2, 0) is 17.1 Å². The average molecular weight is 520 g/mol. The molecule has 0 aliphatic carbocycles. The van der Waals surface area contributed by atoms with Crippen molar-refractivity contribution in [3.8, 4) is 11.5 Å². The molecule has 2 N–H and O–H groups in total. The van der Waals surface area contributed by atoms with Crippen molar-refractivity contribution in [3.63, 3.8) is 0 Å². The van der Waals surface area contributed by atoms with Crippen LogP contribution < -0.4 is 15.6 Å². The maximum atomic E-state index is 13.4. The van der Waals surface area contributed by atoms with E-state index >= 15 is 0 Å². The van der Waals surface area contributed by atoms with Gasteiger partial charge in [-0.25, -0.2) is 9.07 Å². The Hall–Kier alpha value is -3.13. The van der Waals surface area contributed by atoms with E-state index in [1.165, 1.54) is 13.0 Å². The molecule has 1 heterocycles. The van der Waals surface area contributed by atoms with Crippen LogP contribution in [-0.4, -0.2) is 20.2 Å². The lowest BCUT2D eigenvalue weighted by Crippen LogP contribution is -2.24. The molecule has 0 aliphatic heterocycles. The van der Waals surface area contributed by atoms with Crippen LogP contribution in [0.2, 0.25) is 5.02 Å². The molecule has 1 aromatic heterocycles. The molecule has 180 valence electrons. The summed E-state index contributed by atoms with van der Waals surface area (Å²) in [6, 6.07) is 5.66. The number of carbonyl (C=O) groups excluding carboxylic acids is 1. The van der Waals surface area contributed by atoms with Crippen LogP contribution >= 0.6 is 23.9 Å². The smallest absolute Gasteiger partial charge is 0.417 e. The van der Waals surface area contributed by atoms with Crippen LogP contribution in [0.5, 0.6) is 11.5 Å². The van der Waals surface area contributed by atoms with Crippen molar-refractivity contribution in [2.75, 3.05) is 5.32 Å². The fourth-order valence-electron chi connectivity index (χ4n) is 2.75. The number of alkyl halides is 3. The lowest BCUT2D eigenvalue weighted by Gasteiger charge is -2.17. The molecular weight excluding hydrogens is 506 g/mol. The van der Waals surface area contributed by atoms with E-state index in [4.69, 9.17) is 20.9 Å². The minimum absolute atomic E-state index is 0.0110. The van der Waals surface area contributed by atoms with Gasteiger partial charge in [-0.05, 0) is 42.8 Å². The number of hydrogen-bond acceptors (Lipinski definition) is 7. The largest absolute Gasteiger partial charge is 0.456 e. The molecule has 0 fully saturated rings. The summed E-state index contributed by atoms with van der Waals surface area (Å²) in [5.74, 6) is -2.03. The van der Waals surface area contributed by atoms with Gasteiger partial charge < -0.3 is 14.6 Å². The predicted molar refractivity (Wildman–Crippen MR) is 115 cm³/mol. The molecule has 3 aromatic rings. The van der Waals surface area contributed by atoms with Crippen molar-refractivity contribution < 1.29 is 35.8 Å². The average Bonchev–Trinajstić information content (AvgIpc) is 2.75. The fraction of sp³-hybridized carbons (Fsp3) is 0.150. The van der Waals surface area contributed by atoms with Crippen molar-refractivity contribution in [3.05, 3.63) is 80.5 Å². The Morgan fingerprint density at radius 1 is 1.24 bits per heavy atom. The van der Waals surface area contributed by atoms with Gasteiger partial charge in [0, 0.05) is 6.07 Å². The molecule has 0 unspecified atom stereocenters. The minimum Gasteiger partial charge on any atom is -0.456 e. The van der Waals surface area contributed by atoms with Gasteiger partial charge in [-0.2, -0.15) is 18.3 Å². The molecule has 14 heteroatoms. The normalized spacial score (nSPS) is 11.4. The first-order valence-corrected chi connectivity index (χ1v) is 10.2. The summed E-state index contributed by atoms with van der Waals surface area (Å²) in [5, 5.41) is 5.31. The number of amides is 1. The Morgan fingerprint density at radius 3 is 2.59 bits per heavy atom. The van der Waals surface area contributed by atoms with Gasteiger partial charge in [0.2, 0.25) is 0 Å². The fourth-order valence-corrected chi connectivity index (χ4v) is 3.17. The molecule has 0 bridgehead atoms. The van der Waals surface area contributed by atoms with E-state index in [0.29, 0.717) is 6.07 Å². The molecule has 2 aromatic carbocycles. The van der Waals surface area contributed by atoms with Crippen molar-refractivity contribution in [2.45, 2.75) is 19.8 Å². The number of nitrogens with zero attached hydrogens (tertiary/aromatic N) is 2. The van der Waals surface area contributed by atoms with Gasteiger partial charge in [0.1, 0.15) is 17.3 Å². The topological polar surface area (TPSA) is 103 Å². The minimum atomic E-state index is -4.84. The third kappa shape index (κ3) is 6.05. The number of nitrogens with one attached hydrogen (secondary N) is 1. The Labute approximate surface area is 198 Å². The van der Waals surface area contributed by atoms with E-state index in [2.05, 4.69) is 14.6 Å². The van der Waals surface area contributed by atoms with E-state index in [1.54, 1.807) is 0 Å². The van der Waals surface area contributed by atoms with Gasteiger partial charge in [-0.3, -0.25) is 13.8 Å². The third-order valence-corrected chi connectivity index (χ3v) is 4.85. The van der Waals surface area contributed by atoms with Crippen molar-refractivity contribution in [1.82, 2.24) is 9.78 Å². The molecule has 0 saturated heterocycles. The van der Waals surface area contributed by atoms with E-state index in [1.807, 2.05) is 0 Å². The zero-order valence-electron chi connectivity index (χ0n) is 17.0. The molecule has 1 amide bonds. The number of benzene rings is 2. The molecular formula is C20H14ClF4N3O5S. The predicted octanol–water partition coefficient (Wildman–Crippen LogP) is 5.50. The molecule has 8 nitrogen and oxygen atoms in total. The van der Waals surface area contributed by atoms with Gasteiger partial charge >= 0.3 is 6.18 Å². The number of hydrogen-bond donors (Lipinski definition) is 2. The highest BCUT2D eigenvalue weighted by molar-refractivity contribution is 7.88. The molecule has 3 rings (SSSR count). The number of aryl methyl sites for hydroxylation is 1. The Balaban J connectivity index is 1.98. The Bertz CT molecular complexity index is 1290. The first-order chi connectivity index (χ1) is 16.0. The number of halogens is 5. The summed E-state index contributed by atoms with van der Waals surface area (Å²) in [6.45, 7) is 1.09. The third-order valence-electron chi connectivity index (χ3n) is 4.33. The first-order valence-electron chi connectivity index (χ1n) is 9.16. The van der Waals surface area contributed by atoms with E-state index in [0.717, 1.165) is 35.1 Å². The zero-order valence-corrected chi connectivity index (χ0v) is 18.6. The molecule has 34 heavy (non-hydrogen) atoms. The van der Waals surface area contributed by atoms with E-state index in [-0.39, 0.29) is 41.6 Å². The number of anilines is 1. The standard InChI is InChI=1S/C20H14ClF4N3O5S/c1-10-4-11(22)2-3-16(10)33-17-7-14(20(23,24)25)15(21)6-13(17)19(30)27-12-5-18(29)28(26-8-12)9-32-34-31/h2-8,31H,9H2,1H3,(H,27,30). The van der Waals surface area contributed by atoms with Gasteiger partial charge in [0.15, 0.2) is 19.1 Å². The summed E-state index contributed by atoms with van der Waals surface area (Å²) >= 11 is 5.80. The summed E-state index contributed by atoms with van der Waals surface area (Å²) in [5.41, 5.74) is -2.14. The lowest BCUT2D eigenvalue weighted by molar-refractivity contribution is -0.137. The van der Waals surface area contributed by atoms with Crippen LogP contribution in [0.25, 0.3) is 0 Å². The molecule has 0 atom stereocenters. The van der Waals surface area contributed by atoms with Gasteiger partial charge in [-0.1, -0.05) is 11.6 Å². The molecule has 0 saturated carbocycles. The Kier molecular flexibility index (Phi) is 7.82. The lowest BCUT2D eigenvalue weighted by atomic mass is 10.1. The van der Waals surface area contributed by atoms with Crippen molar-refractivity contribution in [1.29, 1.82) is 0 Å². The van der Waals surface area contributed by atoms with E-state index < -0.39 is 39.8 Å². The van der Waals surface area contributed by atoms with Gasteiger partial charge in [0.25, 0.3) is 11.5 Å². The number of ether oxygens (including phenoxy) is 1. The van der Waals surface area contributed by atoms with Crippen LogP contribution in [0.1, 0.15) is 21.5 Å². The SMILES string of the molecule is Cc1cc(F)ccc1Oc1cc(C(F)(F)F)c(Cl)cc1C(=O)Nc1cnn(COSO)c(=O)c1. The summed E-state index contributed by atoms with van der Waals surface area (Å²) in [4.78, 5) is 24.9. The first kappa shape index (κ1) is 25.5. The zero-order chi connectivity index (χ0) is 25.0. The highest BCUT2D eigenvalue weighted by atomic mass is 35.5. The maximum absolute atomic E-state index is 13.4. The second-order valence-electron chi connectivity index (χ2n) is 6.70. The summed E-state index contributed by atoms with van der Waals surface area (Å²) < 4.78 is 73.0. The summed E-state index contributed by atoms with van der Waals surface area (Å²) in [6.07, 6.45) is -3.76. The van der Waals surface area contributed by atoms with Gasteiger partial charge in [0.05, 0.1) is 28.0 Å². The summed E-state index contributed by atoms with van der Waals surface area (Å²) in [7, 11) is 0.